The molecule has 78 heavy (non-hydrogen) atoms. The summed E-state index contributed by atoms with van der Waals surface area (Å²) in [5, 5.41) is 170. The molecule has 0 bridgehead atoms. The fourth-order valence-corrected chi connectivity index (χ4v) is 9.47. The minimum atomic E-state index is -2.20. The van der Waals surface area contributed by atoms with Crippen LogP contribution in [0.4, 0.5) is 0 Å². The molecule has 0 aromatic carbocycles. The summed E-state index contributed by atoms with van der Waals surface area (Å²) in [4.78, 5) is 30.9. The Morgan fingerprint density at radius 1 is 0.436 bits per heavy atom. The molecule has 18 N–H and O–H groups in total. The molecular formula is C52H102N4O22. The van der Waals surface area contributed by atoms with Gasteiger partial charge in [0.05, 0.1) is 26.4 Å². The van der Waals surface area contributed by atoms with Crippen molar-refractivity contribution in [1.29, 1.82) is 0 Å². The standard InChI is InChI=1S/C52H102N4O22/c1-3-5-7-9-11-13-15-17-23-55(25-19-21-53-49(73)43(69)41(67)47(33(61)29-57)77-51-45(71)39(65)37(63)35(31-59)75-51)27-28-56(24-18-16-14-12-10-8-6-4-2)26-20-22-54-50(74)44(70)42(68)48(34(62)30-58)78-52-46(72)40(66)38(64)36(32-60)76-52/h33-48,51-52,57-72H,3-32H2,1-2H3,(H,53,73)(H,54,74)/t33-,34-,35-,36-,37+,38+,39+,40+,41+,42+,43-,44-,45-,46-,47-,48-,51+,52+/m1/s1. The molecule has 0 aliphatic carbocycles. The summed E-state index contributed by atoms with van der Waals surface area (Å²) in [6.07, 6.45) is -15.3. The lowest BCUT2D eigenvalue weighted by Crippen LogP contribution is -2.62. The van der Waals surface area contributed by atoms with Gasteiger partial charge in [0.25, 0.3) is 11.8 Å². The van der Waals surface area contributed by atoms with E-state index in [0.717, 1.165) is 77.3 Å². The Labute approximate surface area is 459 Å². The third kappa shape index (κ3) is 25.3. The molecule has 0 unspecified atom stereocenters. The van der Waals surface area contributed by atoms with Crippen LogP contribution < -0.4 is 10.6 Å². The Morgan fingerprint density at radius 3 is 1.05 bits per heavy atom. The third-order valence-electron chi connectivity index (χ3n) is 14.6. The summed E-state index contributed by atoms with van der Waals surface area (Å²) in [5.41, 5.74) is 0. The Hall–Kier alpha value is -1.94. The predicted molar refractivity (Wildman–Crippen MR) is 281 cm³/mol. The van der Waals surface area contributed by atoms with Crippen LogP contribution in [0, 0.1) is 0 Å². The fourth-order valence-electron chi connectivity index (χ4n) is 9.47. The fraction of sp³-hybridized carbons (Fsp3) is 0.962. The zero-order chi connectivity index (χ0) is 58.2. The topological polar surface area (TPSA) is 425 Å². The van der Waals surface area contributed by atoms with Crippen LogP contribution in [0.15, 0.2) is 0 Å². The van der Waals surface area contributed by atoms with E-state index in [-0.39, 0.29) is 13.1 Å². The van der Waals surface area contributed by atoms with Gasteiger partial charge in [0, 0.05) is 26.2 Å². The maximum absolute atomic E-state index is 13.2. The second kappa shape index (κ2) is 41.1. The van der Waals surface area contributed by atoms with Gasteiger partial charge in [-0.05, 0) is 51.9 Å². The molecule has 26 nitrogen and oxygen atoms in total. The average Bonchev–Trinajstić information content (AvgIpc) is 3.45. The van der Waals surface area contributed by atoms with Gasteiger partial charge in [-0.1, -0.05) is 104 Å². The number of unbranched alkanes of at least 4 members (excludes halogenated alkanes) is 14. The summed E-state index contributed by atoms with van der Waals surface area (Å²) in [6.45, 7) is 4.73. The first-order valence-electron chi connectivity index (χ1n) is 28.6. The number of aliphatic hydroxyl groups is 16. The van der Waals surface area contributed by atoms with E-state index in [2.05, 4.69) is 34.3 Å². The Morgan fingerprint density at radius 2 is 0.744 bits per heavy atom. The maximum Gasteiger partial charge on any atom is 0.251 e. The van der Waals surface area contributed by atoms with Crippen molar-refractivity contribution in [3.63, 3.8) is 0 Å². The smallest absolute Gasteiger partial charge is 0.251 e. The molecule has 0 saturated carbocycles. The van der Waals surface area contributed by atoms with Gasteiger partial charge in [-0.2, -0.15) is 0 Å². The number of nitrogens with one attached hydrogen (secondary N) is 2. The van der Waals surface area contributed by atoms with Crippen molar-refractivity contribution in [2.45, 2.75) is 240 Å². The van der Waals surface area contributed by atoms with Gasteiger partial charge in [-0.15, -0.1) is 0 Å². The van der Waals surface area contributed by atoms with Crippen LogP contribution in [0.2, 0.25) is 0 Å². The Balaban J connectivity index is 2.11. The van der Waals surface area contributed by atoms with E-state index in [1.54, 1.807) is 0 Å². The number of amides is 2. The number of hydrogen-bond donors (Lipinski definition) is 18. The third-order valence-corrected chi connectivity index (χ3v) is 14.6. The molecule has 2 heterocycles. The summed E-state index contributed by atoms with van der Waals surface area (Å²) >= 11 is 0. The van der Waals surface area contributed by atoms with E-state index < -0.39 is 148 Å². The van der Waals surface area contributed by atoms with Crippen LogP contribution >= 0.6 is 0 Å². The highest BCUT2D eigenvalue weighted by atomic mass is 16.7. The van der Waals surface area contributed by atoms with Crippen LogP contribution in [-0.2, 0) is 28.5 Å². The van der Waals surface area contributed by atoms with Gasteiger partial charge in [-0.3, -0.25) is 9.59 Å². The molecule has 2 aliphatic rings. The minimum absolute atomic E-state index is 0.0686. The summed E-state index contributed by atoms with van der Waals surface area (Å²) in [5.74, 6) is -2.06. The predicted octanol–water partition coefficient (Wildman–Crippen LogP) is -4.60. The van der Waals surface area contributed by atoms with Gasteiger partial charge in [-0.25, -0.2) is 0 Å². The molecule has 0 radical (unpaired) electrons. The van der Waals surface area contributed by atoms with Crippen LogP contribution in [0.3, 0.4) is 0 Å². The van der Waals surface area contributed by atoms with E-state index in [9.17, 15) is 91.3 Å². The molecular weight excluding hydrogens is 1030 g/mol. The first-order chi connectivity index (χ1) is 37.3. The first kappa shape index (κ1) is 72.2. The SMILES string of the molecule is CCCCCCCCCCN(CCCNC(=O)[C@H](O)[C@H](O)[C@H](O[C@@H]1O[C@H](CO)[C@H](O)[C@H](O)[C@H]1O)[C@H](O)CO)CCN(CCCCCCCCCC)CCCNC(=O)[C@H](O)[C@H](O)[C@H](O[C@@H]1O[C@H](CO)[C@H](O)[C@H](O)[C@H]1O)[C@H](O)CO. The first-order valence-corrected chi connectivity index (χ1v) is 28.6. The van der Waals surface area contributed by atoms with Crippen LogP contribution in [0.5, 0.6) is 0 Å². The lowest BCUT2D eigenvalue weighted by Gasteiger charge is -2.42. The highest BCUT2D eigenvalue weighted by Gasteiger charge is 2.49. The van der Waals surface area contributed by atoms with Crippen LogP contribution in [-0.4, -0.2) is 292 Å². The summed E-state index contributed by atoms with van der Waals surface area (Å²) < 4.78 is 21.4. The van der Waals surface area contributed by atoms with Crippen LogP contribution in [0.25, 0.3) is 0 Å². The molecule has 2 saturated heterocycles. The second-order valence-electron chi connectivity index (χ2n) is 20.9. The molecule has 0 aromatic heterocycles. The lowest BCUT2D eigenvalue weighted by molar-refractivity contribution is -0.326. The van der Waals surface area contributed by atoms with Gasteiger partial charge in [0.1, 0.15) is 85.5 Å². The second-order valence-corrected chi connectivity index (χ2v) is 20.9. The molecule has 18 atom stereocenters. The quantitative estimate of drug-likeness (QED) is 0.0255. The monoisotopic (exact) mass is 1130 g/mol. The van der Waals surface area contributed by atoms with E-state index in [1.807, 2.05) is 0 Å². The van der Waals surface area contributed by atoms with E-state index >= 15 is 0 Å². The lowest BCUT2D eigenvalue weighted by atomic mass is 9.98. The molecule has 462 valence electrons. The number of aliphatic hydroxyl groups excluding tert-OH is 16. The number of nitrogens with zero attached hydrogens (tertiary/aromatic N) is 2. The van der Waals surface area contributed by atoms with Crippen LogP contribution in [0.1, 0.15) is 129 Å². The van der Waals surface area contributed by atoms with Crippen molar-refractivity contribution < 1.29 is 110 Å². The van der Waals surface area contributed by atoms with Crippen molar-refractivity contribution in [3.8, 4) is 0 Å². The van der Waals surface area contributed by atoms with Gasteiger partial charge in [0.15, 0.2) is 24.8 Å². The average molecular weight is 1140 g/mol. The minimum Gasteiger partial charge on any atom is -0.394 e. The van der Waals surface area contributed by atoms with Crippen molar-refractivity contribution in [2.75, 3.05) is 78.8 Å². The largest absolute Gasteiger partial charge is 0.394 e. The zero-order valence-electron chi connectivity index (χ0n) is 46.1. The van der Waals surface area contributed by atoms with E-state index in [1.165, 1.54) is 38.5 Å². The molecule has 0 aromatic rings. The van der Waals surface area contributed by atoms with Gasteiger partial charge >= 0.3 is 0 Å². The number of carbonyl (C=O) groups excluding carboxylic acids is 2. The zero-order valence-corrected chi connectivity index (χ0v) is 46.1. The van der Waals surface area contributed by atoms with Crippen molar-refractivity contribution in [1.82, 2.24) is 20.4 Å². The highest BCUT2D eigenvalue weighted by molar-refractivity contribution is 5.81. The summed E-state index contributed by atoms with van der Waals surface area (Å²) in [6, 6.07) is 0. The van der Waals surface area contributed by atoms with Crippen molar-refractivity contribution in [3.05, 3.63) is 0 Å². The molecule has 0 spiro atoms. The number of rotatable bonds is 45. The molecule has 2 rings (SSSR count). The van der Waals surface area contributed by atoms with Crippen molar-refractivity contribution >= 4 is 11.8 Å². The number of ether oxygens (including phenoxy) is 4. The normalized spacial score (nSPS) is 27.0. The maximum atomic E-state index is 13.2. The number of hydrogen-bond acceptors (Lipinski definition) is 24. The molecule has 26 heteroatoms. The highest BCUT2D eigenvalue weighted by Crippen LogP contribution is 2.27. The van der Waals surface area contributed by atoms with Gasteiger partial charge in [0.2, 0.25) is 0 Å². The van der Waals surface area contributed by atoms with Crippen molar-refractivity contribution in [2.24, 2.45) is 0 Å². The molecule has 2 fully saturated rings. The Bertz CT molecular complexity index is 1430. The molecule has 2 aliphatic heterocycles. The Kier molecular flexibility index (Phi) is 38.0. The van der Waals surface area contributed by atoms with Gasteiger partial charge < -0.3 is 121 Å². The van der Waals surface area contributed by atoms with E-state index in [0.29, 0.717) is 39.0 Å². The van der Waals surface area contributed by atoms with E-state index in [4.69, 9.17) is 18.9 Å². The summed E-state index contributed by atoms with van der Waals surface area (Å²) in [7, 11) is 0. The number of carbonyl (C=O) groups is 2. The molecule has 2 amide bonds.